The number of hydrogen-bond acceptors (Lipinski definition) is 8. The molecule has 3 atom stereocenters. The van der Waals surface area contributed by atoms with Crippen molar-refractivity contribution in [1.82, 2.24) is 34.5 Å². The van der Waals surface area contributed by atoms with Gasteiger partial charge in [0.15, 0.2) is 11.5 Å². The Balaban J connectivity index is 1.18. The number of fused-ring (bicyclic) bond motifs is 2. The lowest BCUT2D eigenvalue weighted by Crippen LogP contribution is -2.24. The fourth-order valence-corrected chi connectivity index (χ4v) is 4.91. The van der Waals surface area contributed by atoms with Gasteiger partial charge in [0, 0.05) is 37.3 Å². The molecule has 1 aliphatic heterocycles. The summed E-state index contributed by atoms with van der Waals surface area (Å²) in [6, 6.07) is 3.67. The van der Waals surface area contributed by atoms with Gasteiger partial charge in [-0.25, -0.2) is 14.6 Å². The Morgan fingerprint density at radius 2 is 2.06 bits per heavy atom. The van der Waals surface area contributed by atoms with E-state index in [1.165, 1.54) is 10.9 Å². The largest absolute Gasteiger partial charge is 0.356 e. The molecule has 0 spiro atoms. The average Bonchev–Trinajstić information content (AvgIpc) is 3.12. The Labute approximate surface area is 181 Å². The van der Waals surface area contributed by atoms with E-state index in [0.717, 1.165) is 18.9 Å². The molecule has 10 nitrogen and oxygen atoms in total. The van der Waals surface area contributed by atoms with Crippen LogP contribution in [0.5, 0.6) is 0 Å². The van der Waals surface area contributed by atoms with Crippen molar-refractivity contribution in [2.75, 3.05) is 18.0 Å². The Morgan fingerprint density at radius 1 is 1.26 bits per heavy atom. The molecule has 158 valence electrons. The molecule has 0 amide bonds. The molecular formula is C20H19ClN8O2. The third-order valence-electron chi connectivity index (χ3n) is 6.30. The molecule has 0 bridgehead atoms. The zero-order chi connectivity index (χ0) is 21.3. The van der Waals surface area contributed by atoms with Crippen molar-refractivity contribution in [3.8, 4) is 0 Å². The summed E-state index contributed by atoms with van der Waals surface area (Å²) in [6.07, 6.45) is 3.23. The maximum absolute atomic E-state index is 12.8. The van der Waals surface area contributed by atoms with Gasteiger partial charge in [0.25, 0.3) is 5.56 Å². The smallest absolute Gasteiger partial charge is 0.265 e. The minimum atomic E-state index is -0.164. The Kier molecular flexibility index (Phi) is 3.95. The van der Waals surface area contributed by atoms with Crippen molar-refractivity contribution in [3.63, 3.8) is 0 Å². The number of anilines is 1. The van der Waals surface area contributed by atoms with Crippen LogP contribution in [0.25, 0.3) is 11.0 Å². The van der Waals surface area contributed by atoms with Crippen LogP contribution >= 0.6 is 11.6 Å². The summed E-state index contributed by atoms with van der Waals surface area (Å²) in [4.78, 5) is 28.4. The molecule has 4 aromatic rings. The van der Waals surface area contributed by atoms with E-state index in [0.29, 0.717) is 45.3 Å². The molecule has 1 saturated carbocycles. The molecule has 1 unspecified atom stereocenters. The summed E-state index contributed by atoms with van der Waals surface area (Å²) in [5.41, 5.74) is 1.05. The number of nitrogens with zero attached hydrogens (tertiary/aromatic N) is 8. The van der Waals surface area contributed by atoms with Gasteiger partial charge in [-0.15, -0.1) is 0 Å². The highest BCUT2D eigenvalue weighted by Gasteiger charge is 2.58. The van der Waals surface area contributed by atoms with Crippen molar-refractivity contribution in [3.05, 3.63) is 57.4 Å². The summed E-state index contributed by atoms with van der Waals surface area (Å²) >= 11 is 6.09. The van der Waals surface area contributed by atoms with Crippen molar-refractivity contribution < 1.29 is 4.52 Å². The van der Waals surface area contributed by atoms with Gasteiger partial charge in [0.1, 0.15) is 24.1 Å². The number of aromatic nitrogens is 7. The van der Waals surface area contributed by atoms with E-state index in [1.54, 1.807) is 30.9 Å². The van der Waals surface area contributed by atoms with Gasteiger partial charge in [0.05, 0.1) is 5.69 Å². The molecule has 6 rings (SSSR count). The molecule has 2 fully saturated rings. The van der Waals surface area contributed by atoms with Crippen LogP contribution in [0.15, 0.2) is 34.0 Å². The van der Waals surface area contributed by atoms with Crippen LogP contribution < -0.4 is 10.5 Å². The number of pyridine rings is 1. The number of aryl methyl sites for hydroxylation is 2. The number of halogens is 1. The molecular weight excluding hydrogens is 420 g/mol. The van der Waals surface area contributed by atoms with Gasteiger partial charge in [-0.05, 0) is 30.9 Å². The first-order valence-corrected chi connectivity index (χ1v) is 10.4. The topological polar surface area (TPSA) is 108 Å². The molecule has 31 heavy (non-hydrogen) atoms. The Hall–Kier alpha value is -3.27. The maximum atomic E-state index is 12.8. The SMILES string of the molecule is Cc1nn(C)c2ncn(Cc3nc(C4[C@H]5CN(c6cc(Cl)ccn6)C[C@@H]45)no3)c(=O)c12. The van der Waals surface area contributed by atoms with Crippen LogP contribution in [-0.4, -0.2) is 47.5 Å². The fourth-order valence-electron chi connectivity index (χ4n) is 4.75. The van der Waals surface area contributed by atoms with Crippen molar-refractivity contribution >= 4 is 28.5 Å². The average molecular weight is 439 g/mol. The minimum absolute atomic E-state index is 0.164. The molecule has 11 heteroatoms. The number of rotatable bonds is 4. The predicted octanol–water partition coefficient (Wildman–Crippen LogP) is 1.77. The van der Waals surface area contributed by atoms with E-state index in [9.17, 15) is 4.79 Å². The van der Waals surface area contributed by atoms with Gasteiger partial charge >= 0.3 is 0 Å². The highest BCUT2D eigenvalue weighted by Crippen LogP contribution is 2.57. The van der Waals surface area contributed by atoms with Crippen LogP contribution in [0.1, 0.15) is 23.3 Å². The monoisotopic (exact) mass is 438 g/mol. The lowest BCUT2D eigenvalue weighted by molar-refractivity contribution is 0.363. The summed E-state index contributed by atoms with van der Waals surface area (Å²) < 4.78 is 8.54. The molecule has 4 aromatic heterocycles. The van der Waals surface area contributed by atoms with Crippen LogP contribution in [-0.2, 0) is 13.6 Å². The number of piperidine rings is 1. The molecule has 1 saturated heterocycles. The van der Waals surface area contributed by atoms with E-state index in [4.69, 9.17) is 16.1 Å². The second-order valence-corrected chi connectivity index (χ2v) is 8.66. The molecule has 5 heterocycles. The maximum Gasteiger partial charge on any atom is 0.265 e. The van der Waals surface area contributed by atoms with E-state index in [1.807, 2.05) is 6.07 Å². The first-order chi connectivity index (χ1) is 15.0. The van der Waals surface area contributed by atoms with Crippen molar-refractivity contribution in [2.45, 2.75) is 19.4 Å². The zero-order valence-electron chi connectivity index (χ0n) is 16.9. The lowest BCUT2D eigenvalue weighted by atomic mass is 10.2. The Bertz CT molecular complexity index is 1360. The van der Waals surface area contributed by atoms with Gasteiger partial charge in [-0.3, -0.25) is 9.36 Å². The Morgan fingerprint density at radius 3 is 2.84 bits per heavy atom. The quantitative estimate of drug-likeness (QED) is 0.474. The second-order valence-electron chi connectivity index (χ2n) is 8.22. The van der Waals surface area contributed by atoms with Gasteiger partial charge in [0.2, 0.25) is 5.89 Å². The van der Waals surface area contributed by atoms with Gasteiger partial charge in [-0.1, -0.05) is 16.8 Å². The summed E-state index contributed by atoms with van der Waals surface area (Å²) in [5.74, 6) is 3.25. The third kappa shape index (κ3) is 2.93. The summed E-state index contributed by atoms with van der Waals surface area (Å²) in [5, 5.41) is 9.66. The van der Waals surface area contributed by atoms with Crippen molar-refractivity contribution in [2.24, 2.45) is 18.9 Å². The highest BCUT2D eigenvalue weighted by atomic mass is 35.5. The molecule has 1 aliphatic carbocycles. The highest BCUT2D eigenvalue weighted by molar-refractivity contribution is 6.30. The van der Waals surface area contributed by atoms with Crippen molar-refractivity contribution in [1.29, 1.82) is 0 Å². The van der Waals surface area contributed by atoms with Crippen LogP contribution in [0.4, 0.5) is 5.82 Å². The van der Waals surface area contributed by atoms with Gasteiger partial charge < -0.3 is 9.42 Å². The standard InChI is InChI=1S/C20H19ClN8O2/c1-10-16-19(27(2)25-10)23-9-29(20(16)30)8-15-24-18(26-31-15)17-12-6-28(7-13(12)17)14-5-11(21)3-4-22-14/h3-5,9,12-13,17H,6-8H2,1-2H3/t12-,13+,17?. The van der Waals surface area contributed by atoms with Crippen LogP contribution in [0.3, 0.4) is 0 Å². The minimum Gasteiger partial charge on any atom is -0.356 e. The molecule has 0 aromatic carbocycles. The van der Waals surface area contributed by atoms with Crippen LogP contribution in [0, 0.1) is 18.8 Å². The first kappa shape index (κ1) is 18.5. The molecule has 2 aliphatic rings. The zero-order valence-corrected chi connectivity index (χ0v) is 17.7. The lowest BCUT2D eigenvalue weighted by Gasteiger charge is -2.20. The van der Waals surface area contributed by atoms with Gasteiger partial charge in [-0.2, -0.15) is 10.1 Å². The summed E-state index contributed by atoms with van der Waals surface area (Å²) in [7, 11) is 1.77. The normalized spacial score (nSPS) is 22.3. The first-order valence-electron chi connectivity index (χ1n) is 10.1. The van der Waals surface area contributed by atoms with E-state index in [2.05, 4.69) is 30.1 Å². The van der Waals surface area contributed by atoms with E-state index >= 15 is 0 Å². The molecule has 0 radical (unpaired) electrons. The predicted molar refractivity (Wildman–Crippen MR) is 112 cm³/mol. The van der Waals surface area contributed by atoms with Crippen LogP contribution in [0.2, 0.25) is 5.02 Å². The van der Waals surface area contributed by atoms with E-state index < -0.39 is 0 Å². The third-order valence-corrected chi connectivity index (χ3v) is 6.53. The fraction of sp³-hybridized carbons (Fsp3) is 0.400. The number of hydrogen-bond donors (Lipinski definition) is 0. The van der Waals surface area contributed by atoms with E-state index in [-0.39, 0.29) is 18.0 Å². The molecule has 0 N–H and O–H groups in total. The summed E-state index contributed by atoms with van der Waals surface area (Å²) in [6.45, 7) is 3.78. The second kappa shape index (κ2) is 6.61.